The Balaban J connectivity index is 2.21. The minimum Gasteiger partial charge on any atom is -0.370 e. The number of aromatic nitrogens is 2. The van der Waals surface area contributed by atoms with E-state index in [1.54, 1.807) is 13.0 Å². The van der Waals surface area contributed by atoms with Gasteiger partial charge in [0, 0.05) is 18.3 Å². The molecule has 0 fully saturated rings. The van der Waals surface area contributed by atoms with Gasteiger partial charge >= 0.3 is 0 Å². The van der Waals surface area contributed by atoms with Gasteiger partial charge in [-0.2, -0.15) is 0 Å². The lowest BCUT2D eigenvalue weighted by Crippen LogP contribution is -2.18. The molecule has 5 heteroatoms. The quantitative estimate of drug-likeness (QED) is 0.740. The van der Waals surface area contributed by atoms with Crippen LogP contribution in [0.15, 0.2) is 24.3 Å². The number of carbonyl (C=O) groups excluding carboxylic acids is 1. The average molecular weight is 354 g/mol. The molecule has 0 bridgehead atoms. The standard InChI is InChI=1S/C21H30N4O/c1-13(2)10-11-22-19-12-18(23-16(6)24-19)21(26)25-20-15(5)8-7-9-17(20)14(3)4/h7-9,12-14H,10-11H2,1-6H3,(H,25,26)(H,22,23,24). The summed E-state index contributed by atoms with van der Waals surface area (Å²) in [5.74, 6) is 2.00. The van der Waals surface area contributed by atoms with Crippen molar-refractivity contribution in [3.63, 3.8) is 0 Å². The van der Waals surface area contributed by atoms with E-state index in [1.165, 1.54) is 0 Å². The van der Waals surface area contributed by atoms with Gasteiger partial charge in [0.1, 0.15) is 17.3 Å². The number of para-hydroxylation sites is 1. The highest BCUT2D eigenvalue weighted by Gasteiger charge is 2.15. The molecule has 0 spiro atoms. The summed E-state index contributed by atoms with van der Waals surface area (Å²) in [7, 11) is 0. The van der Waals surface area contributed by atoms with Gasteiger partial charge < -0.3 is 10.6 Å². The predicted octanol–water partition coefficient (Wildman–Crippen LogP) is 4.93. The van der Waals surface area contributed by atoms with Gasteiger partial charge in [-0.25, -0.2) is 9.97 Å². The zero-order chi connectivity index (χ0) is 19.3. The van der Waals surface area contributed by atoms with E-state index < -0.39 is 0 Å². The molecular weight excluding hydrogens is 324 g/mol. The fraction of sp³-hybridized carbons (Fsp3) is 0.476. The van der Waals surface area contributed by atoms with Crippen molar-refractivity contribution < 1.29 is 4.79 Å². The van der Waals surface area contributed by atoms with Crippen molar-refractivity contribution in [1.29, 1.82) is 0 Å². The molecule has 0 unspecified atom stereocenters. The maximum Gasteiger partial charge on any atom is 0.274 e. The number of nitrogens with one attached hydrogen (secondary N) is 2. The van der Waals surface area contributed by atoms with Gasteiger partial charge in [-0.3, -0.25) is 4.79 Å². The molecule has 5 nitrogen and oxygen atoms in total. The minimum atomic E-state index is -0.210. The van der Waals surface area contributed by atoms with E-state index in [2.05, 4.69) is 54.4 Å². The summed E-state index contributed by atoms with van der Waals surface area (Å²) in [5.41, 5.74) is 3.42. The summed E-state index contributed by atoms with van der Waals surface area (Å²) >= 11 is 0. The zero-order valence-corrected chi connectivity index (χ0v) is 16.7. The molecule has 1 aromatic carbocycles. The number of benzene rings is 1. The number of rotatable bonds is 7. The van der Waals surface area contributed by atoms with Crippen molar-refractivity contribution in [3.8, 4) is 0 Å². The molecule has 0 aliphatic rings. The summed E-state index contributed by atoms with van der Waals surface area (Å²) in [5, 5.41) is 6.33. The highest BCUT2D eigenvalue weighted by atomic mass is 16.1. The monoisotopic (exact) mass is 354 g/mol. The van der Waals surface area contributed by atoms with E-state index in [4.69, 9.17) is 0 Å². The lowest BCUT2D eigenvalue weighted by molar-refractivity contribution is 0.102. The highest BCUT2D eigenvalue weighted by Crippen LogP contribution is 2.27. The van der Waals surface area contributed by atoms with Gasteiger partial charge in [0.2, 0.25) is 0 Å². The fourth-order valence-electron chi connectivity index (χ4n) is 2.78. The smallest absolute Gasteiger partial charge is 0.274 e. The predicted molar refractivity (Wildman–Crippen MR) is 108 cm³/mol. The van der Waals surface area contributed by atoms with Crippen molar-refractivity contribution in [1.82, 2.24) is 9.97 Å². The van der Waals surface area contributed by atoms with Gasteiger partial charge in [0.15, 0.2) is 0 Å². The molecule has 2 rings (SSSR count). The van der Waals surface area contributed by atoms with Crippen molar-refractivity contribution in [2.24, 2.45) is 5.92 Å². The SMILES string of the molecule is Cc1nc(NCCC(C)C)cc(C(=O)Nc2c(C)cccc2C(C)C)n1. The Morgan fingerprint density at radius 1 is 1.12 bits per heavy atom. The topological polar surface area (TPSA) is 66.9 Å². The number of aryl methyl sites for hydroxylation is 2. The molecule has 1 aromatic heterocycles. The first-order chi connectivity index (χ1) is 12.3. The fourth-order valence-corrected chi connectivity index (χ4v) is 2.78. The van der Waals surface area contributed by atoms with E-state index in [9.17, 15) is 4.79 Å². The number of carbonyl (C=O) groups is 1. The van der Waals surface area contributed by atoms with Crippen LogP contribution in [0.3, 0.4) is 0 Å². The number of hydrogen-bond donors (Lipinski definition) is 2. The Labute approximate surface area is 156 Å². The normalized spacial score (nSPS) is 11.1. The second kappa shape index (κ2) is 8.79. The van der Waals surface area contributed by atoms with Gasteiger partial charge in [-0.15, -0.1) is 0 Å². The lowest BCUT2D eigenvalue weighted by atomic mass is 9.98. The molecule has 2 aromatic rings. The molecule has 0 saturated carbocycles. The zero-order valence-electron chi connectivity index (χ0n) is 16.7. The number of anilines is 2. The van der Waals surface area contributed by atoms with E-state index in [-0.39, 0.29) is 5.91 Å². The second-order valence-electron chi connectivity index (χ2n) is 7.44. The first-order valence-corrected chi connectivity index (χ1v) is 9.28. The van der Waals surface area contributed by atoms with Gasteiger partial charge in [0.25, 0.3) is 5.91 Å². The highest BCUT2D eigenvalue weighted by molar-refractivity contribution is 6.04. The second-order valence-corrected chi connectivity index (χ2v) is 7.44. The van der Waals surface area contributed by atoms with Crippen LogP contribution in [0.5, 0.6) is 0 Å². The Kier molecular flexibility index (Phi) is 6.72. The van der Waals surface area contributed by atoms with E-state index >= 15 is 0 Å². The van der Waals surface area contributed by atoms with Crippen molar-refractivity contribution in [2.75, 3.05) is 17.2 Å². The lowest BCUT2D eigenvalue weighted by Gasteiger charge is -2.16. The molecule has 0 atom stereocenters. The van der Waals surface area contributed by atoms with Crippen LogP contribution in [0.1, 0.15) is 67.5 Å². The summed E-state index contributed by atoms with van der Waals surface area (Å²) in [6.45, 7) is 13.2. The number of amides is 1. The minimum absolute atomic E-state index is 0.210. The Bertz CT molecular complexity index is 769. The van der Waals surface area contributed by atoms with Crippen LogP contribution < -0.4 is 10.6 Å². The van der Waals surface area contributed by atoms with Crippen LogP contribution >= 0.6 is 0 Å². The molecule has 0 radical (unpaired) electrons. The summed E-state index contributed by atoms with van der Waals surface area (Å²) in [6.07, 6.45) is 1.05. The van der Waals surface area contributed by atoms with Gasteiger partial charge in [-0.05, 0) is 43.2 Å². The summed E-state index contributed by atoms with van der Waals surface area (Å²) in [4.78, 5) is 21.5. The Hall–Kier alpha value is -2.43. The molecular formula is C21H30N4O. The molecule has 0 aliphatic carbocycles. The molecule has 140 valence electrons. The molecule has 2 N–H and O–H groups in total. The largest absolute Gasteiger partial charge is 0.370 e. The number of nitrogens with zero attached hydrogens (tertiary/aromatic N) is 2. The van der Waals surface area contributed by atoms with E-state index in [0.29, 0.717) is 29.2 Å². The van der Waals surface area contributed by atoms with Gasteiger partial charge in [-0.1, -0.05) is 45.9 Å². The molecule has 0 aliphatic heterocycles. The molecule has 26 heavy (non-hydrogen) atoms. The van der Waals surface area contributed by atoms with Crippen LogP contribution in [-0.2, 0) is 0 Å². The third-order valence-electron chi connectivity index (χ3n) is 4.26. The van der Waals surface area contributed by atoms with E-state index in [1.807, 2.05) is 19.1 Å². The summed E-state index contributed by atoms with van der Waals surface area (Å²) < 4.78 is 0. The average Bonchev–Trinajstić information content (AvgIpc) is 2.55. The molecule has 1 heterocycles. The van der Waals surface area contributed by atoms with E-state index in [0.717, 1.165) is 29.8 Å². The van der Waals surface area contributed by atoms with Crippen molar-refractivity contribution in [3.05, 3.63) is 46.9 Å². The van der Waals surface area contributed by atoms with Crippen LogP contribution in [0, 0.1) is 19.8 Å². The first-order valence-electron chi connectivity index (χ1n) is 9.28. The maximum atomic E-state index is 12.8. The molecule has 0 saturated heterocycles. The number of hydrogen-bond acceptors (Lipinski definition) is 4. The molecule has 1 amide bonds. The maximum absolute atomic E-state index is 12.8. The van der Waals surface area contributed by atoms with Crippen LogP contribution in [0.25, 0.3) is 0 Å². The van der Waals surface area contributed by atoms with Crippen LogP contribution in [0.4, 0.5) is 11.5 Å². The van der Waals surface area contributed by atoms with Gasteiger partial charge in [0.05, 0.1) is 0 Å². The van der Waals surface area contributed by atoms with Crippen molar-refractivity contribution in [2.45, 2.75) is 53.9 Å². The summed E-state index contributed by atoms with van der Waals surface area (Å²) in [6, 6.07) is 7.80. The van der Waals surface area contributed by atoms with Crippen molar-refractivity contribution >= 4 is 17.4 Å². The Morgan fingerprint density at radius 3 is 2.50 bits per heavy atom. The van der Waals surface area contributed by atoms with Crippen LogP contribution in [-0.4, -0.2) is 22.4 Å². The third kappa shape index (κ3) is 5.28. The Morgan fingerprint density at radius 2 is 1.85 bits per heavy atom. The van der Waals surface area contributed by atoms with Crippen LogP contribution in [0.2, 0.25) is 0 Å². The third-order valence-corrected chi connectivity index (χ3v) is 4.26. The first kappa shape index (κ1) is 19.9.